The molecule has 24 heavy (non-hydrogen) atoms. The van der Waals surface area contributed by atoms with Crippen LogP contribution in [0.1, 0.15) is 35.3 Å². The first-order valence-corrected chi connectivity index (χ1v) is 8.79. The van der Waals surface area contributed by atoms with Gasteiger partial charge in [0.1, 0.15) is 0 Å². The van der Waals surface area contributed by atoms with E-state index in [1.165, 1.54) is 16.7 Å². The molecule has 0 bridgehead atoms. The standard InChI is InChI=1S/C18H20N2O3S/c1-11-2-4-12(5-3-11)17-14-8-9-21-18(14)15-10-13(24-23-22-19)6-7-16(15)20-17/h2-7,10,14,17-18,20H,8-9,19H2,1H3. The average molecular weight is 344 g/mol. The topological polar surface area (TPSA) is 65.7 Å². The van der Waals surface area contributed by atoms with Gasteiger partial charge in [0.05, 0.1) is 24.2 Å². The van der Waals surface area contributed by atoms with Gasteiger partial charge in [0.15, 0.2) is 0 Å². The predicted molar refractivity (Wildman–Crippen MR) is 93.0 cm³/mol. The third kappa shape index (κ3) is 2.92. The van der Waals surface area contributed by atoms with Crippen molar-refractivity contribution in [2.75, 3.05) is 11.9 Å². The largest absolute Gasteiger partial charge is 0.378 e. The SMILES string of the molecule is Cc1ccc(C2Nc3ccc(SOON)cc3C3OCCC23)cc1. The van der Waals surface area contributed by atoms with Crippen LogP contribution >= 0.6 is 12.0 Å². The molecule has 3 N–H and O–H groups in total. The maximum atomic E-state index is 6.07. The van der Waals surface area contributed by atoms with Crippen molar-refractivity contribution in [1.29, 1.82) is 0 Å². The quantitative estimate of drug-likeness (QED) is 0.495. The van der Waals surface area contributed by atoms with Crippen LogP contribution in [0.5, 0.6) is 0 Å². The highest BCUT2D eigenvalue weighted by molar-refractivity contribution is 7.94. The zero-order valence-corrected chi connectivity index (χ0v) is 14.2. The monoisotopic (exact) mass is 344 g/mol. The first kappa shape index (κ1) is 15.9. The molecule has 1 fully saturated rings. The summed E-state index contributed by atoms with van der Waals surface area (Å²) >= 11 is 1.10. The van der Waals surface area contributed by atoms with E-state index in [0.717, 1.165) is 35.7 Å². The van der Waals surface area contributed by atoms with Crippen LogP contribution in [0, 0.1) is 12.8 Å². The Hall–Kier alpha value is -1.57. The molecule has 126 valence electrons. The van der Waals surface area contributed by atoms with E-state index in [9.17, 15) is 0 Å². The van der Waals surface area contributed by atoms with E-state index in [0.29, 0.717) is 5.92 Å². The van der Waals surface area contributed by atoms with Crippen molar-refractivity contribution in [3.63, 3.8) is 0 Å². The van der Waals surface area contributed by atoms with Crippen molar-refractivity contribution in [2.45, 2.75) is 30.4 Å². The van der Waals surface area contributed by atoms with Gasteiger partial charge >= 0.3 is 0 Å². The number of rotatable bonds is 4. The third-order valence-corrected chi connectivity index (χ3v) is 5.41. The van der Waals surface area contributed by atoms with E-state index < -0.39 is 0 Å². The lowest BCUT2D eigenvalue weighted by molar-refractivity contribution is -0.195. The summed E-state index contributed by atoms with van der Waals surface area (Å²) in [4.78, 5) is 5.11. The van der Waals surface area contributed by atoms with E-state index in [4.69, 9.17) is 15.0 Å². The molecule has 1 saturated heterocycles. The molecule has 0 aliphatic carbocycles. The van der Waals surface area contributed by atoms with Crippen molar-refractivity contribution in [3.8, 4) is 0 Å². The molecule has 0 radical (unpaired) electrons. The number of hydrogen-bond acceptors (Lipinski definition) is 6. The Labute approximate surface area is 145 Å². The molecule has 2 aliphatic heterocycles. The summed E-state index contributed by atoms with van der Waals surface area (Å²) in [6.07, 6.45) is 1.15. The molecule has 3 atom stereocenters. The highest BCUT2D eigenvalue weighted by Crippen LogP contribution is 2.50. The summed E-state index contributed by atoms with van der Waals surface area (Å²) in [5.41, 5.74) is 4.87. The maximum Gasteiger partial charge on any atom is 0.0897 e. The summed E-state index contributed by atoms with van der Waals surface area (Å²) in [6, 6.07) is 15.2. The molecule has 5 nitrogen and oxygen atoms in total. The van der Waals surface area contributed by atoms with Gasteiger partial charge < -0.3 is 10.1 Å². The van der Waals surface area contributed by atoms with Crippen LogP contribution in [-0.2, 0) is 14.1 Å². The Bertz CT molecular complexity index is 723. The van der Waals surface area contributed by atoms with Crippen LogP contribution in [0.4, 0.5) is 5.69 Å². The molecule has 0 amide bonds. The molecule has 2 aromatic carbocycles. The lowest BCUT2D eigenvalue weighted by Gasteiger charge is -2.36. The van der Waals surface area contributed by atoms with Crippen molar-refractivity contribution in [3.05, 3.63) is 59.2 Å². The van der Waals surface area contributed by atoms with Gasteiger partial charge in [-0.1, -0.05) is 29.8 Å². The third-order valence-electron chi connectivity index (χ3n) is 4.81. The van der Waals surface area contributed by atoms with E-state index in [2.05, 4.69) is 53.6 Å². The number of fused-ring (bicyclic) bond motifs is 3. The molecule has 3 unspecified atom stereocenters. The fraction of sp³-hybridized carbons (Fsp3) is 0.333. The molecule has 4 rings (SSSR count). The number of hydrogen-bond donors (Lipinski definition) is 2. The lowest BCUT2D eigenvalue weighted by Crippen LogP contribution is -2.29. The summed E-state index contributed by atoms with van der Waals surface area (Å²) in [5.74, 6) is 5.34. The van der Waals surface area contributed by atoms with Gasteiger partial charge in [-0.05, 0) is 37.1 Å². The Morgan fingerprint density at radius 1 is 1.21 bits per heavy atom. The second-order valence-corrected chi connectivity index (χ2v) is 7.05. The van der Waals surface area contributed by atoms with Crippen molar-refractivity contribution < 1.29 is 14.1 Å². The molecule has 0 spiro atoms. The minimum Gasteiger partial charge on any atom is -0.378 e. The number of ether oxygens (including phenoxy) is 1. The summed E-state index contributed by atoms with van der Waals surface area (Å²) in [5, 5.41) is 3.70. The molecule has 6 heteroatoms. The highest BCUT2D eigenvalue weighted by atomic mass is 32.2. The number of anilines is 1. The van der Waals surface area contributed by atoms with Crippen molar-refractivity contribution in [2.24, 2.45) is 11.8 Å². The predicted octanol–water partition coefficient (Wildman–Crippen LogP) is 4.07. The Kier molecular flexibility index (Phi) is 4.47. The molecule has 0 aromatic heterocycles. The van der Waals surface area contributed by atoms with Crippen molar-refractivity contribution >= 4 is 17.7 Å². The molecular weight excluding hydrogens is 324 g/mol. The van der Waals surface area contributed by atoms with Crippen LogP contribution in [-0.4, -0.2) is 6.61 Å². The first-order chi connectivity index (χ1) is 11.8. The maximum absolute atomic E-state index is 6.07. The van der Waals surface area contributed by atoms with Gasteiger partial charge in [0, 0.05) is 28.7 Å². The number of nitrogens with two attached hydrogens (primary N) is 1. The number of aryl methyl sites for hydroxylation is 1. The minimum absolute atomic E-state index is 0.104. The van der Waals surface area contributed by atoms with Crippen molar-refractivity contribution in [1.82, 2.24) is 0 Å². The summed E-state index contributed by atoms with van der Waals surface area (Å²) in [7, 11) is 0. The Balaban J connectivity index is 1.67. The van der Waals surface area contributed by atoms with Gasteiger partial charge in [-0.15, -0.1) is 9.32 Å². The van der Waals surface area contributed by atoms with E-state index in [1.807, 2.05) is 6.07 Å². The van der Waals surface area contributed by atoms with Gasteiger partial charge in [0.25, 0.3) is 0 Å². The fourth-order valence-corrected chi connectivity index (χ4v) is 4.08. The summed E-state index contributed by atoms with van der Waals surface area (Å²) in [6.45, 7) is 2.90. The van der Waals surface area contributed by atoms with Gasteiger partial charge in [-0.2, -0.15) is 5.90 Å². The number of nitrogens with one attached hydrogen (secondary N) is 1. The fourth-order valence-electron chi connectivity index (χ4n) is 3.67. The van der Waals surface area contributed by atoms with Crippen LogP contribution < -0.4 is 11.2 Å². The zero-order chi connectivity index (χ0) is 16.5. The van der Waals surface area contributed by atoms with Crippen LogP contribution in [0.3, 0.4) is 0 Å². The van der Waals surface area contributed by atoms with E-state index >= 15 is 0 Å². The van der Waals surface area contributed by atoms with Gasteiger partial charge in [-0.25, -0.2) is 0 Å². The molecule has 2 heterocycles. The van der Waals surface area contributed by atoms with Gasteiger partial charge in [-0.3, -0.25) is 0 Å². The van der Waals surface area contributed by atoms with E-state index in [1.54, 1.807) is 0 Å². The minimum atomic E-state index is 0.104. The van der Waals surface area contributed by atoms with Crippen LogP contribution in [0.25, 0.3) is 0 Å². The summed E-state index contributed by atoms with van der Waals surface area (Å²) < 4.78 is 10.8. The average Bonchev–Trinajstić information content (AvgIpc) is 3.10. The Morgan fingerprint density at radius 3 is 2.83 bits per heavy atom. The van der Waals surface area contributed by atoms with Gasteiger partial charge in [0.2, 0.25) is 0 Å². The Morgan fingerprint density at radius 2 is 2.04 bits per heavy atom. The number of benzene rings is 2. The second-order valence-electron chi connectivity index (χ2n) is 6.27. The molecule has 0 saturated carbocycles. The molecule has 2 aromatic rings. The molecular formula is C18H20N2O3S. The highest BCUT2D eigenvalue weighted by Gasteiger charge is 2.41. The second kappa shape index (κ2) is 6.74. The first-order valence-electron chi connectivity index (χ1n) is 8.05. The van der Waals surface area contributed by atoms with Crippen LogP contribution in [0.2, 0.25) is 0 Å². The normalized spacial score (nSPS) is 25.0. The lowest BCUT2D eigenvalue weighted by atomic mass is 9.81. The smallest absolute Gasteiger partial charge is 0.0897 e. The zero-order valence-electron chi connectivity index (χ0n) is 13.4. The van der Waals surface area contributed by atoms with Crippen LogP contribution in [0.15, 0.2) is 47.4 Å². The van der Waals surface area contributed by atoms with E-state index in [-0.39, 0.29) is 12.1 Å². The molecule has 2 aliphatic rings.